The fraction of sp³-hybridized carbons (Fsp3) is 0.158. The summed E-state index contributed by atoms with van der Waals surface area (Å²) in [5.74, 6) is 1.97. The van der Waals surface area contributed by atoms with Crippen LogP contribution in [0.25, 0.3) is 0 Å². The van der Waals surface area contributed by atoms with Crippen molar-refractivity contribution in [1.29, 1.82) is 0 Å². The summed E-state index contributed by atoms with van der Waals surface area (Å²) in [7, 11) is 0. The molecule has 8 heteroatoms. The van der Waals surface area contributed by atoms with Crippen molar-refractivity contribution >= 4 is 110 Å². The molecule has 1 aliphatic carbocycles. The van der Waals surface area contributed by atoms with E-state index in [4.69, 9.17) is 4.74 Å². The first-order chi connectivity index (χ1) is 40.8. The highest BCUT2D eigenvalue weighted by Crippen LogP contribution is 2.56. The lowest BCUT2D eigenvalue weighted by molar-refractivity contribution is 0.485. The molecule has 2 unspecified atom stereocenters. The van der Waals surface area contributed by atoms with Crippen LogP contribution in [0.3, 0.4) is 0 Å². The highest BCUT2D eigenvalue weighted by atomic mass is 32.2. The number of benzene rings is 10. The third-order valence-corrected chi connectivity index (χ3v) is 19.6. The minimum atomic E-state index is -0.0770. The van der Waals surface area contributed by atoms with Crippen LogP contribution in [0.4, 0.5) is 62.6 Å². The summed E-state index contributed by atoms with van der Waals surface area (Å²) in [5.41, 5.74) is 33.1. The molecule has 5 nitrogen and oxygen atoms in total. The normalized spacial score (nSPS) is 15.8. The number of anilines is 11. The van der Waals surface area contributed by atoms with Crippen molar-refractivity contribution in [3.05, 3.63) is 273 Å². The average Bonchev–Trinajstić information content (AvgIpc) is 3.27. The van der Waals surface area contributed by atoms with Crippen LogP contribution >= 0.6 is 11.8 Å². The van der Waals surface area contributed by atoms with Crippen LogP contribution in [0, 0.1) is 69.2 Å². The van der Waals surface area contributed by atoms with Gasteiger partial charge in [-0.2, -0.15) is 0 Å². The third-order valence-electron chi connectivity index (χ3n) is 18.3. The summed E-state index contributed by atoms with van der Waals surface area (Å²) < 4.78 is 7.20. The third kappa shape index (κ3) is 8.15. The number of para-hydroxylation sites is 5. The number of aryl methyl sites for hydroxylation is 10. The van der Waals surface area contributed by atoms with Crippen molar-refractivity contribution in [2.45, 2.75) is 85.2 Å². The van der Waals surface area contributed by atoms with Crippen molar-refractivity contribution in [3.63, 3.8) is 0 Å². The van der Waals surface area contributed by atoms with E-state index in [1.54, 1.807) is 0 Å². The van der Waals surface area contributed by atoms with Crippen molar-refractivity contribution in [3.8, 4) is 11.5 Å². The highest BCUT2D eigenvalue weighted by Gasteiger charge is 2.52. The molecule has 0 aromatic heterocycles. The Balaban J connectivity index is 1.02. The number of allylic oxidation sites excluding steroid dienone is 2. The second kappa shape index (κ2) is 19.9. The van der Waals surface area contributed by atoms with Crippen LogP contribution in [0.15, 0.2) is 222 Å². The Morgan fingerprint density at radius 1 is 0.405 bits per heavy atom. The van der Waals surface area contributed by atoms with Crippen LogP contribution in [0.2, 0.25) is 5.82 Å². The van der Waals surface area contributed by atoms with Crippen LogP contribution < -0.4 is 46.2 Å². The Bertz CT molecular complexity index is 4390. The Kier molecular flexibility index (Phi) is 12.3. The van der Waals surface area contributed by atoms with E-state index < -0.39 is 0 Å². The van der Waals surface area contributed by atoms with Gasteiger partial charge in [0.15, 0.2) is 0 Å². The summed E-state index contributed by atoms with van der Waals surface area (Å²) >= 11 is 2.00. The molecule has 0 saturated carbocycles. The minimum Gasteiger partial charge on any atom is -0.458 e. The second-order valence-electron chi connectivity index (χ2n) is 24.2. The van der Waals surface area contributed by atoms with Crippen LogP contribution in [0.1, 0.15) is 55.6 Å². The maximum Gasteiger partial charge on any atom is 0.251 e. The zero-order chi connectivity index (χ0) is 57.4. The van der Waals surface area contributed by atoms with Gasteiger partial charge >= 0.3 is 0 Å². The predicted octanol–water partition coefficient (Wildman–Crippen LogP) is 17.9. The number of ether oxygens (including phenoxy) is 1. The molecule has 4 heterocycles. The number of hydrogen-bond acceptors (Lipinski definition) is 6. The number of nitrogens with zero attached hydrogens (tertiary/aromatic N) is 4. The maximum atomic E-state index is 7.20. The zero-order valence-corrected chi connectivity index (χ0v) is 50.4. The topological polar surface area (TPSA) is 22.2 Å². The molecule has 408 valence electrons. The first kappa shape index (κ1) is 52.0. The smallest absolute Gasteiger partial charge is 0.251 e. The van der Waals surface area contributed by atoms with Gasteiger partial charge in [0.05, 0.1) is 28.4 Å². The van der Waals surface area contributed by atoms with Gasteiger partial charge in [-0.3, -0.25) is 0 Å². The maximum absolute atomic E-state index is 7.20. The SMILES string of the molecule is Cc1cc(C)c(N(c2ccccc2)c2cc3c4c(c2)SC2C=C5C(=CC2B4c2ccccc2O3)B2c3ccccc3N(c3c(C)cc(C)cc3C)c3cc(N(c4ccccc4)c4c(C)cc(C)cc4C)cc(c32)N5c2ccccc2C)c(C)c1. The van der Waals surface area contributed by atoms with E-state index in [-0.39, 0.29) is 24.5 Å². The van der Waals surface area contributed by atoms with Gasteiger partial charge < -0.3 is 24.3 Å². The molecule has 4 aliphatic heterocycles. The monoisotopic (exact) mass is 1100 g/mol. The lowest BCUT2D eigenvalue weighted by Crippen LogP contribution is -2.59. The molecule has 2 atom stereocenters. The van der Waals surface area contributed by atoms with Gasteiger partial charge in [0.1, 0.15) is 11.5 Å². The van der Waals surface area contributed by atoms with Crippen molar-refractivity contribution in [1.82, 2.24) is 0 Å². The summed E-state index contributed by atoms with van der Waals surface area (Å²) in [5, 5.41) is 0.0751. The molecule has 10 aromatic rings. The van der Waals surface area contributed by atoms with Gasteiger partial charge in [-0.05, 0) is 208 Å². The minimum absolute atomic E-state index is 0.0438. The highest BCUT2D eigenvalue weighted by molar-refractivity contribution is 8.00. The van der Waals surface area contributed by atoms with E-state index in [1.165, 1.54) is 133 Å². The van der Waals surface area contributed by atoms with Gasteiger partial charge in [-0.25, -0.2) is 0 Å². The molecular formula is C76H66B2N4OS. The van der Waals surface area contributed by atoms with Crippen molar-refractivity contribution < 1.29 is 4.74 Å². The number of hydrogen-bond donors (Lipinski definition) is 0. The molecule has 0 saturated heterocycles. The molecule has 15 rings (SSSR count). The molecule has 0 radical (unpaired) electrons. The molecular weight excluding hydrogens is 1040 g/mol. The molecule has 0 N–H and O–H groups in total. The summed E-state index contributed by atoms with van der Waals surface area (Å²) in [6.07, 6.45) is 5.41. The Morgan fingerprint density at radius 3 is 1.50 bits per heavy atom. The van der Waals surface area contributed by atoms with Gasteiger partial charge in [-0.1, -0.05) is 150 Å². The van der Waals surface area contributed by atoms with Crippen LogP contribution in [-0.2, 0) is 0 Å². The molecule has 0 fully saturated rings. The standard InChI is InChI=1S/C76H66B2N4OS/c1-45-33-49(5)74(50(6)34-45)79(55-24-13-11-14-25-55)57-39-66-72-67(40-57)82(76-53(9)37-47(3)38-54(76)10)64-31-21-18-28-59(64)77(72)61-43-62-70(44-65(61)81(66)63-30-20-17-23-48(63)4)84-71-42-58(41-69-73(71)78(62)60-29-19-22-32-68(60)83-69)80(56-26-15-12-16-27-56)75-51(7)35-46(2)36-52(75)8/h11-44,62,70H,1-10H3. The quantitative estimate of drug-likeness (QED) is 0.140. The predicted molar refractivity (Wildman–Crippen MR) is 359 cm³/mol. The van der Waals surface area contributed by atoms with Crippen LogP contribution in [-0.4, -0.2) is 18.7 Å². The molecule has 0 bridgehead atoms. The first-order valence-corrected chi connectivity index (χ1v) is 30.6. The lowest BCUT2D eigenvalue weighted by atomic mass is 9.28. The molecule has 5 aliphatic rings. The van der Waals surface area contributed by atoms with E-state index in [2.05, 4.69) is 295 Å². The molecule has 0 amide bonds. The summed E-state index contributed by atoms with van der Waals surface area (Å²) in [6, 6.07) is 72.9. The molecule has 0 spiro atoms. The van der Waals surface area contributed by atoms with Gasteiger partial charge in [0.2, 0.25) is 6.71 Å². The Morgan fingerprint density at radius 2 is 0.905 bits per heavy atom. The lowest BCUT2D eigenvalue weighted by Gasteiger charge is -2.50. The Labute approximate surface area is 500 Å². The fourth-order valence-corrected chi connectivity index (χ4v) is 16.8. The molecule has 10 aromatic carbocycles. The fourth-order valence-electron chi connectivity index (χ4n) is 15.4. The van der Waals surface area contributed by atoms with E-state index in [9.17, 15) is 0 Å². The van der Waals surface area contributed by atoms with E-state index in [0.717, 1.165) is 34.2 Å². The van der Waals surface area contributed by atoms with Gasteiger partial charge in [0.25, 0.3) is 6.71 Å². The summed E-state index contributed by atoms with van der Waals surface area (Å²) in [6.45, 7) is 22.5. The Hall–Kier alpha value is -8.84. The largest absolute Gasteiger partial charge is 0.458 e. The van der Waals surface area contributed by atoms with E-state index in [1.807, 2.05) is 11.8 Å². The van der Waals surface area contributed by atoms with Gasteiger partial charge in [-0.15, -0.1) is 11.8 Å². The molecule has 84 heavy (non-hydrogen) atoms. The van der Waals surface area contributed by atoms with Crippen molar-refractivity contribution in [2.24, 2.45) is 0 Å². The average molecular weight is 1110 g/mol. The summed E-state index contributed by atoms with van der Waals surface area (Å²) in [4.78, 5) is 11.5. The first-order valence-electron chi connectivity index (χ1n) is 29.7. The van der Waals surface area contributed by atoms with Crippen molar-refractivity contribution in [2.75, 3.05) is 19.6 Å². The zero-order valence-electron chi connectivity index (χ0n) is 49.5. The second-order valence-corrected chi connectivity index (χ2v) is 25.5. The number of thioether (sulfide) groups is 1. The van der Waals surface area contributed by atoms with E-state index in [0.29, 0.717) is 0 Å². The number of rotatable bonds is 8. The van der Waals surface area contributed by atoms with Gasteiger partial charge in [0, 0.05) is 56.0 Å². The van der Waals surface area contributed by atoms with E-state index >= 15 is 0 Å². The van der Waals surface area contributed by atoms with Crippen LogP contribution in [0.5, 0.6) is 11.5 Å². The number of fused-ring (bicyclic) bond motifs is 8.